The van der Waals surface area contributed by atoms with E-state index < -0.39 is 27.8 Å². The van der Waals surface area contributed by atoms with Crippen LogP contribution in [-0.4, -0.2) is 41.5 Å². The molecule has 1 aliphatic heterocycles. The number of hydrogen-bond acceptors (Lipinski definition) is 6. The van der Waals surface area contributed by atoms with Gasteiger partial charge in [-0.15, -0.1) is 0 Å². The zero-order valence-corrected chi connectivity index (χ0v) is 17.2. The molecule has 2 N–H and O–H groups in total. The van der Waals surface area contributed by atoms with Crippen molar-refractivity contribution < 1.29 is 27.5 Å². The van der Waals surface area contributed by atoms with Crippen molar-refractivity contribution >= 4 is 38.9 Å². The molecule has 0 aromatic heterocycles. The number of nitrogens with one attached hydrogen (secondary N) is 2. The number of rotatable bonds is 5. The van der Waals surface area contributed by atoms with Crippen molar-refractivity contribution in [1.82, 2.24) is 0 Å². The lowest BCUT2D eigenvalue weighted by Gasteiger charge is -2.22. The predicted molar refractivity (Wildman–Crippen MR) is 108 cm³/mol. The second-order valence-corrected chi connectivity index (χ2v) is 8.39. The first-order chi connectivity index (χ1) is 13.7. The zero-order valence-electron chi connectivity index (χ0n) is 16.3. The van der Waals surface area contributed by atoms with Crippen LogP contribution in [0.15, 0.2) is 41.3 Å². The Kier molecular flexibility index (Phi) is 5.38. The number of ether oxygens (including phenoxy) is 2. The fourth-order valence-electron chi connectivity index (χ4n) is 2.83. The summed E-state index contributed by atoms with van der Waals surface area (Å²) in [4.78, 5) is 24.0. The zero-order chi connectivity index (χ0) is 21.3. The molecule has 1 atom stereocenters. The van der Waals surface area contributed by atoms with E-state index in [-0.39, 0.29) is 10.6 Å². The van der Waals surface area contributed by atoms with E-state index in [4.69, 9.17) is 9.47 Å². The van der Waals surface area contributed by atoms with Gasteiger partial charge in [-0.25, -0.2) is 8.42 Å². The monoisotopic (exact) mass is 419 g/mol. The molecule has 0 unspecified atom stereocenters. The van der Waals surface area contributed by atoms with Crippen molar-refractivity contribution in [2.75, 3.05) is 36.2 Å². The van der Waals surface area contributed by atoms with Crippen LogP contribution in [0.25, 0.3) is 0 Å². The van der Waals surface area contributed by atoms with Crippen LogP contribution in [0.1, 0.15) is 6.92 Å². The van der Waals surface area contributed by atoms with Crippen LogP contribution in [0.4, 0.5) is 17.1 Å². The maximum atomic E-state index is 13.2. The molecule has 3 rings (SSSR count). The predicted octanol–water partition coefficient (Wildman–Crippen LogP) is 2.06. The summed E-state index contributed by atoms with van der Waals surface area (Å²) in [7, 11) is 0.341. The van der Waals surface area contributed by atoms with Crippen LogP contribution in [-0.2, 0) is 19.6 Å². The molecule has 9 nitrogen and oxygen atoms in total. The van der Waals surface area contributed by atoms with Gasteiger partial charge in [-0.05, 0) is 37.3 Å². The molecule has 2 aromatic rings. The molecule has 0 saturated heterocycles. The van der Waals surface area contributed by atoms with E-state index in [1.807, 2.05) is 0 Å². The van der Waals surface area contributed by atoms with Crippen molar-refractivity contribution in [3.8, 4) is 11.5 Å². The van der Waals surface area contributed by atoms with Crippen molar-refractivity contribution in [2.45, 2.75) is 11.8 Å². The van der Waals surface area contributed by atoms with E-state index >= 15 is 0 Å². The Morgan fingerprint density at radius 3 is 2.21 bits per heavy atom. The van der Waals surface area contributed by atoms with E-state index in [1.54, 1.807) is 18.2 Å². The van der Waals surface area contributed by atoms with Crippen LogP contribution in [0.2, 0.25) is 0 Å². The summed E-state index contributed by atoms with van der Waals surface area (Å²) in [6, 6.07) is 8.89. The number of methoxy groups -OCH3 is 2. The van der Waals surface area contributed by atoms with Crippen LogP contribution >= 0.6 is 0 Å². The van der Waals surface area contributed by atoms with Crippen molar-refractivity contribution in [2.24, 2.45) is 5.92 Å². The Morgan fingerprint density at radius 2 is 1.59 bits per heavy atom. The maximum absolute atomic E-state index is 13.2. The molecule has 1 aliphatic rings. The summed E-state index contributed by atoms with van der Waals surface area (Å²) in [5.74, 6) is -1.03. The van der Waals surface area contributed by atoms with Gasteiger partial charge in [0.2, 0.25) is 11.8 Å². The van der Waals surface area contributed by atoms with E-state index in [9.17, 15) is 18.0 Å². The average molecular weight is 419 g/mol. The third-order valence-electron chi connectivity index (χ3n) is 4.68. The third kappa shape index (κ3) is 3.70. The largest absolute Gasteiger partial charge is 0.497 e. The van der Waals surface area contributed by atoms with Gasteiger partial charge in [0.25, 0.3) is 10.0 Å². The van der Waals surface area contributed by atoms with Gasteiger partial charge in [0.1, 0.15) is 17.4 Å². The Morgan fingerprint density at radius 1 is 0.931 bits per heavy atom. The topological polar surface area (TPSA) is 114 Å². The molecule has 29 heavy (non-hydrogen) atoms. The van der Waals surface area contributed by atoms with Crippen LogP contribution in [0, 0.1) is 5.92 Å². The SMILES string of the molecule is COc1ccc(N(C)S(=O)(=O)c2ccc3c(c2)NC(=O)[C@H](C)C(=O)N3)c(OC)c1. The first kappa shape index (κ1) is 20.5. The van der Waals surface area contributed by atoms with E-state index in [1.165, 1.54) is 46.4 Å². The second kappa shape index (κ2) is 7.63. The standard InChI is InChI=1S/C19H21N3O6S/c1-11-18(23)20-14-7-6-13(10-15(14)21-19(11)24)29(25,26)22(2)16-8-5-12(27-3)9-17(16)28-4/h5-11H,1-4H3,(H,20,23)(H,21,24)/t11-/m1/s1. The minimum atomic E-state index is -3.99. The number of fused-ring (bicyclic) bond motifs is 1. The third-order valence-corrected chi connectivity index (χ3v) is 6.45. The molecule has 0 fully saturated rings. The molecule has 154 valence electrons. The molecule has 0 saturated carbocycles. The maximum Gasteiger partial charge on any atom is 0.264 e. The molecule has 2 amide bonds. The quantitative estimate of drug-likeness (QED) is 0.717. The van der Waals surface area contributed by atoms with Gasteiger partial charge in [-0.2, -0.15) is 0 Å². The lowest BCUT2D eigenvalue weighted by atomic mass is 10.1. The van der Waals surface area contributed by atoms with E-state index in [0.29, 0.717) is 22.9 Å². The smallest absolute Gasteiger partial charge is 0.264 e. The highest BCUT2D eigenvalue weighted by Crippen LogP contribution is 2.36. The normalized spacial score (nSPS) is 16.2. The highest BCUT2D eigenvalue weighted by Gasteiger charge is 2.29. The van der Waals surface area contributed by atoms with Gasteiger partial charge in [0.05, 0.1) is 36.2 Å². The summed E-state index contributed by atoms with van der Waals surface area (Å²) in [6.07, 6.45) is 0. The summed E-state index contributed by atoms with van der Waals surface area (Å²) in [5, 5.41) is 5.19. The minimum absolute atomic E-state index is 0.0549. The number of anilines is 3. The van der Waals surface area contributed by atoms with Gasteiger partial charge in [0, 0.05) is 13.1 Å². The summed E-state index contributed by atoms with van der Waals surface area (Å²) in [6.45, 7) is 1.47. The Bertz CT molecular complexity index is 1080. The number of sulfonamides is 1. The number of amides is 2. The minimum Gasteiger partial charge on any atom is -0.497 e. The molecule has 10 heteroatoms. The Balaban J connectivity index is 2.02. The van der Waals surface area contributed by atoms with Crippen LogP contribution in [0.3, 0.4) is 0 Å². The highest BCUT2D eigenvalue weighted by molar-refractivity contribution is 7.92. The molecular weight excluding hydrogens is 398 g/mol. The van der Waals surface area contributed by atoms with Gasteiger partial charge in [-0.3, -0.25) is 13.9 Å². The van der Waals surface area contributed by atoms with E-state index in [2.05, 4.69) is 10.6 Å². The molecule has 0 bridgehead atoms. The molecular formula is C19H21N3O6S. The molecule has 1 heterocycles. The molecule has 0 radical (unpaired) electrons. The highest BCUT2D eigenvalue weighted by atomic mass is 32.2. The number of benzene rings is 2. The van der Waals surface area contributed by atoms with Crippen LogP contribution < -0.4 is 24.4 Å². The number of hydrogen-bond donors (Lipinski definition) is 2. The average Bonchev–Trinajstić information content (AvgIpc) is 2.82. The summed E-state index contributed by atoms with van der Waals surface area (Å²) < 4.78 is 37.9. The van der Waals surface area contributed by atoms with Gasteiger partial charge >= 0.3 is 0 Å². The van der Waals surface area contributed by atoms with Crippen molar-refractivity contribution in [3.05, 3.63) is 36.4 Å². The summed E-state index contributed by atoms with van der Waals surface area (Å²) in [5.41, 5.74) is 0.856. The number of carbonyl (C=O) groups is 2. The van der Waals surface area contributed by atoms with Crippen LogP contribution in [0.5, 0.6) is 11.5 Å². The number of carbonyl (C=O) groups excluding carboxylic acids is 2. The lowest BCUT2D eigenvalue weighted by Crippen LogP contribution is -2.28. The first-order valence-corrected chi connectivity index (χ1v) is 10.1. The molecule has 2 aromatic carbocycles. The van der Waals surface area contributed by atoms with Crippen molar-refractivity contribution in [1.29, 1.82) is 0 Å². The Hall–Kier alpha value is -3.27. The summed E-state index contributed by atoms with van der Waals surface area (Å²) >= 11 is 0. The lowest BCUT2D eigenvalue weighted by molar-refractivity contribution is -0.128. The molecule has 0 aliphatic carbocycles. The van der Waals surface area contributed by atoms with E-state index in [0.717, 1.165) is 4.31 Å². The van der Waals surface area contributed by atoms with Crippen molar-refractivity contribution in [3.63, 3.8) is 0 Å². The second-order valence-electron chi connectivity index (χ2n) is 6.42. The van der Waals surface area contributed by atoms with Gasteiger partial charge in [0.15, 0.2) is 0 Å². The first-order valence-electron chi connectivity index (χ1n) is 8.65. The van der Waals surface area contributed by atoms with Gasteiger partial charge in [-0.1, -0.05) is 0 Å². The Labute approximate surface area is 168 Å². The van der Waals surface area contributed by atoms with Gasteiger partial charge < -0.3 is 20.1 Å². The number of nitrogens with zero attached hydrogens (tertiary/aromatic N) is 1. The molecule has 0 spiro atoms. The fraction of sp³-hybridized carbons (Fsp3) is 0.263. The fourth-order valence-corrected chi connectivity index (χ4v) is 4.06.